The average molecular weight is 684 g/mol. The largest absolute Gasteiger partial charge is 0.455 e. The predicted molar refractivity (Wildman–Crippen MR) is 222 cm³/mol. The van der Waals surface area contributed by atoms with Crippen molar-refractivity contribution in [3.8, 4) is 22.3 Å². The Bertz CT molecular complexity index is 3040. The topological polar surface area (TPSA) is 16.4 Å². The van der Waals surface area contributed by atoms with Crippen LogP contribution < -0.4 is 4.90 Å². The number of thiophene rings is 1. The van der Waals surface area contributed by atoms with E-state index < -0.39 is 0 Å². The molecule has 11 rings (SSSR count). The highest BCUT2D eigenvalue weighted by Crippen LogP contribution is 2.53. The van der Waals surface area contributed by atoms with Gasteiger partial charge in [-0.2, -0.15) is 0 Å². The highest BCUT2D eigenvalue weighted by Gasteiger charge is 2.36. The molecule has 0 amide bonds. The molecule has 1 aliphatic carbocycles. The Balaban J connectivity index is 1.20. The second-order valence-electron chi connectivity index (χ2n) is 14.5. The summed E-state index contributed by atoms with van der Waals surface area (Å²) in [5.74, 6) is 0. The van der Waals surface area contributed by atoms with Gasteiger partial charge in [-0.1, -0.05) is 123 Å². The van der Waals surface area contributed by atoms with Gasteiger partial charge in [0.05, 0.1) is 5.69 Å². The van der Waals surface area contributed by atoms with E-state index in [2.05, 4.69) is 183 Å². The summed E-state index contributed by atoms with van der Waals surface area (Å²) in [5, 5.41) is 7.17. The Hall–Kier alpha value is -6.16. The van der Waals surface area contributed by atoms with Crippen molar-refractivity contribution in [2.45, 2.75) is 19.3 Å². The summed E-state index contributed by atoms with van der Waals surface area (Å²) in [5.41, 5.74) is 13.0. The van der Waals surface area contributed by atoms with Crippen molar-refractivity contribution >= 4 is 81.3 Å². The molecule has 0 radical (unpaired) electrons. The first kappa shape index (κ1) is 29.6. The number of benzene rings is 8. The predicted octanol–water partition coefficient (Wildman–Crippen LogP) is 14.6. The molecule has 0 aliphatic heterocycles. The first-order chi connectivity index (χ1) is 25.5. The monoisotopic (exact) mass is 683 g/mol. The van der Waals surface area contributed by atoms with Crippen LogP contribution in [0.3, 0.4) is 0 Å². The Labute approximate surface area is 305 Å². The molecule has 0 unspecified atom stereocenters. The molecule has 0 saturated heterocycles. The van der Waals surface area contributed by atoms with Gasteiger partial charge in [0, 0.05) is 53.1 Å². The summed E-state index contributed by atoms with van der Waals surface area (Å²) in [6, 6.07) is 59.8. The maximum atomic E-state index is 6.71. The van der Waals surface area contributed by atoms with Crippen LogP contribution in [-0.2, 0) is 5.41 Å². The second kappa shape index (κ2) is 10.9. The fraction of sp³-hybridized carbons (Fsp3) is 0.0612. The maximum absolute atomic E-state index is 6.71. The van der Waals surface area contributed by atoms with Crippen LogP contribution >= 0.6 is 11.3 Å². The van der Waals surface area contributed by atoms with E-state index in [1.807, 2.05) is 11.3 Å². The number of nitrogens with zero attached hydrogens (tertiary/aromatic N) is 1. The SMILES string of the molecule is CC1(C)c2ccccc2-c2ccc(N(c3ccc(-c4ccccc4)cc3)c3cccc4sc5ccc6oc7c8ccccc8ccc7c6c5c34)cc21. The van der Waals surface area contributed by atoms with Crippen molar-refractivity contribution < 1.29 is 4.42 Å². The Morgan fingerprint density at radius 3 is 2.12 bits per heavy atom. The molecule has 52 heavy (non-hydrogen) atoms. The molecule has 246 valence electrons. The van der Waals surface area contributed by atoms with Crippen LogP contribution in [0.1, 0.15) is 25.0 Å². The highest BCUT2D eigenvalue weighted by atomic mass is 32.1. The first-order valence-electron chi connectivity index (χ1n) is 17.9. The van der Waals surface area contributed by atoms with Crippen molar-refractivity contribution in [2.24, 2.45) is 0 Å². The van der Waals surface area contributed by atoms with Crippen LogP contribution in [0.25, 0.3) is 75.1 Å². The smallest absolute Gasteiger partial charge is 0.143 e. The van der Waals surface area contributed by atoms with Gasteiger partial charge in [0.2, 0.25) is 0 Å². The Kier molecular flexibility index (Phi) is 6.21. The Morgan fingerprint density at radius 2 is 1.23 bits per heavy atom. The van der Waals surface area contributed by atoms with E-state index in [0.717, 1.165) is 39.0 Å². The summed E-state index contributed by atoms with van der Waals surface area (Å²) < 4.78 is 9.23. The van der Waals surface area contributed by atoms with Crippen molar-refractivity contribution in [1.29, 1.82) is 0 Å². The molecular formula is C49H33NOS. The van der Waals surface area contributed by atoms with Crippen molar-refractivity contribution in [3.63, 3.8) is 0 Å². The minimum Gasteiger partial charge on any atom is -0.455 e. The minimum atomic E-state index is -0.115. The molecule has 0 saturated carbocycles. The number of hydrogen-bond acceptors (Lipinski definition) is 3. The molecule has 1 aliphatic rings. The lowest BCUT2D eigenvalue weighted by molar-refractivity contribution is 0.660. The third-order valence-corrected chi connectivity index (χ3v) is 12.4. The number of rotatable bonds is 4. The zero-order valence-corrected chi connectivity index (χ0v) is 29.7. The third kappa shape index (κ3) is 4.17. The maximum Gasteiger partial charge on any atom is 0.143 e. The average Bonchev–Trinajstić information content (AvgIpc) is 3.84. The fourth-order valence-electron chi connectivity index (χ4n) is 8.76. The van der Waals surface area contributed by atoms with Gasteiger partial charge in [0.25, 0.3) is 0 Å². The molecule has 2 nitrogen and oxygen atoms in total. The van der Waals surface area contributed by atoms with E-state index in [1.54, 1.807) is 0 Å². The molecule has 3 heteroatoms. The van der Waals surface area contributed by atoms with Gasteiger partial charge in [0.15, 0.2) is 0 Å². The molecular weight excluding hydrogens is 651 g/mol. The molecule has 0 bridgehead atoms. The third-order valence-electron chi connectivity index (χ3n) is 11.3. The van der Waals surface area contributed by atoms with E-state index in [-0.39, 0.29) is 5.41 Å². The van der Waals surface area contributed by atoms with E-state index in [4.69, 9.17) is 4.42 Å². The zero-order valence-electron chi connectivity index (χ0n) is 28.9. The van der Waals surface area contributed by atoms with Gasteiger partial charge >= 0.3 is 0 Å². The lowest BCUT2D eigenvalue weighted by Gasteiger charge is -2.29. The van der Waals surface area contributed by atoms with E-state index in [0.29, 0.717) is 0 Å². The van der Waals surface area contributed by atoms with Gasteiger partial charge in [-0.3, -0.25) is 0 Å². The second-order valence-corrected chi connectivity index (χ2v) is 15.6. The van der Waals surface area contributed by atoms with Crippen LogP contribution in [0.15, 0.2) is 168 Å². The van der Waals surface area contributed by atoms with Crippen LogP contribution in [0, 0.1) is 0 Å². The first-order valence-corrected chi connectivity index (χ1v) is 18.7. The lowest BCUT2D eigenvalue weighted by atomic mass is 9.82. The van der Waals surface area contributed by atoms with Crippen molar-refractivity contribution in [1.82, 2.24) is 0 Å². The number of anilines is 3. The molecule has 2 aromatic heterocycles. The van der Waals surface area contributed by atoms with Crippen LogP contribution in [0.5, 0.6) is 0 Å². The summed E-state index contributed by atoms with van der Waals surface area (Å²) in [4.78, 5) is 2.47. The normalized spacial score (nSPS) is 13.3. The minimum absolute atomic E-state index is 0.115. The van der Waals surface area contributed by atoms with Gasteiger partial charge in [-0.05, 0) is 93.4 Å². The van der Waals surface area contributed by atoms with Gasteiger partial charge in [-0.25, -0.2) is 0 Å². The molecule has 0 atom stereocenters. The number of furan rings is 1. The fourth-order valence-corrected chi connectivity index (χ4v) is 9.90. The molecule has 0 spiro atoms. The summed E-state index contributed by atoms with van der Waals surface area (Å²) >= 11 is 1.86. The van der Waals surface area contributed by atoms with Crippen LogP contribution in [-0.4, -0.2) is 0 Å². The standard InChI is InChI=1S/C49H33NOS/c1-49(2)39-16-9-8-15-36(39)37-26-24-34(29-40(37)49)50(33-22-19-31(20-23-33)30-11-4-3-5-12-30)41-17-10-18-43-46(41)47-44(52-43)28-27-42-45(47)38-25-21-32-13-6-7-14-35(32)48(38)51-42/h3-29H,1-2H3. The number of fused-ring (bicyclic) bond motifs is 12. The summed E-state index contributed by atoms with van der Waals surface area (Å²) in [6.45, 7) is 4.72. The van der Waals surface area contributed by atoms with Gasteiger partial charge < -0.3 is 9.32 Å². The van der Waals surface area contributed by atoms with Crippen molar-refractivity contribution in [2.75, 3.05) is 4.90 Å². The molecule has 2 heterocycles. The summed E-state index contributed by atoms with van der Waals surface area (Å²) in [6.07, 6.45) is 0. The lowest BCUT2D eigenvalue weighted by Crippen LogP contribution is -2.16. The van der Waals surface area contributed by atoms with E-state index >= 15 is 0 Å². The van der Waals surface area contributed by atoms with Crippen molar-refractivity contribution in [3.05, 3.63) is 175 Å². The van der Waals surface area contributed by atoms with E-state index in [1.165, 1.54) is 64.3 Å². The Morgan fingerprint density at radius 1 is 0.500 bits per heavy atom. The van der Waals surface area contributed by atoms with Gasteiger partial charge in [0.1, 0.15) is 11.2 Å². The quantitative estimate of drug-likeness (QED) is 0.184. The van der Waals surface area contributed by atoms with Crippen LogP contribution in [0.4, 0.5) is 17.1 Å². The van der Waals surface area contributed by atoms with E-state index in [9.17, 15) is 0 Å². The van der Waals surface area contributed by atoms with Gasteiger partial charge in [-0.15, -0.1) is 11.3 Å². The number of hydrogen-bond donors (Lipinski definition) is 0. The molecule has 0 fully saturated rings. The summed E-state index contributed by atoms with van der Waals surface area (Å²) in [7, 11) is 0. The molecule has 10 aromatic rings. The highest BCUT2D eigenvalue weighted by molar-refractivity contribution is 7.26. The van der Waals surface area contributed by atoms with Crippen LogP contribution in [0.2, 0.25) is 0 Å². The molecule has 0 N–H and O–H groups in total. The molecule has 8 aromatic carbocycles. The zero-order chi connectivity index (χ0) is 34.6.